The Morgan fingerprint density at radius 3 is 2.77 bits per heavy atom. The van der Waals surface area contributed by atoms with E-state index in [0.717, 1.165) is 10.5 Å². The highest BCUT2D eigenvalue weighted by atomic mass is 32.1. The fourth-order valence-electron chi connectivity index (χ4n) is 2.49. The molecule has 3 rings (SSSR count). The first kappa shape index (κ1) is 18.0. The molecule has 0 aromatic heterocycles. The lowest BCUT2D eigenvalue weighted by Gasteiger charge is -2.14. The summed E-state index contributed by atoms with van der Waals surface area (Å²) in [5, 5.41) is 2.98. The summed E-state index contributed by atoms with van der Waals surface area (Å²) in [5.74, 6) is -0.263. The largest absolute Gasteiger partial charge is 0.491 e. The minimum atomic E-state index is -0.514. The number of ether oxygens (including phenoxy) is 2. The third-order valence-electron chi connectivity index (χ3n) is 3.70. The van der Waals surface area contributed by atoms with Crippen LogP contribution in [0.25, 0.3) is 6.08 Å². The zero-order valence-electron chi connectivity index (χ0n) is 14.1. The van der Waals surface area contributed by atoms with Crippen molar-refractivity contribution >= 4 is 35.0 Å². The molecule has 1 amide bonds. The van der Waals surface area contributed by atoms with Crippen LogP contribution in [0.5, 0.6) is 5.75 Å². The fourth-order valence-corrected chi connectivity index (χ4v) is 2.78. The van der Waals surface area contributed by atoms with Crippen LogP contribution in [-0.2, 0) is 9.53 Å². The van der Waals surface area contributed by atoms with Gasteiger partial charge in [0.2, 0.25) is 0 Å². The molecule has 5 nitrogen and oxygen atoms in total. The fraction of sp³-hybridized carbons (Fsp3) is 0.158. The molecule has 2 aromatic rings. The van der Waals surface area contributed by atoms with Crippen LogP contribution in [0.2, 0.25) is 0 Å². The van der Waals surface area contributed by atoms with Gasteiger partial charge in [0.25, 0.3) is 5.91 Å². The van der Waals surface area contributed by atoms with Crippen LogP contribution in [0.1, 0.15) is 5.56 Å². The number of methoxy groups -OCH3 is 1. The van der Waals surface area contributed by atoms with Gasteiger partial charge >= 0.3 is 0 Å². The second-order valence-corrected chi connectivity index (χ2v) is 5.88. The lowest BCUT2D eigenvalue weighted by Crippen LogP contribution is -2.31. The van der Waals surface area contributed by atoms with Crippen molar-refractivity contribution in [3.05, 3.63) is 65.6 Å². The maximum atomic E-state index is 14.0. The Hall–Kier alpha value is -2.77. The van der Waals surface area contributed by atoms with Crippen LogP contribution < -0.4 is 15.0 Å². The van der Waals surface area contributed by atoms with Gasteiger partial charge in [0, 0.05) is 7.11 Å². The minimum Gasteiger partial charge on any atom is -0.491 e. The van der Waals surface area contributed by atoms with E-state index >= 15 is 0 Å². The van der Waals surface area contributed by atoms with Gasteiger partial charge in [-0.2, -0.15) is 0 Å². The number of carbonyl (C=O) groups excluding carboxylic acids is 1. The van der Waals surface area contributed by atoms with Crippen molar-refractivity contribution < 1.29 is 18.7 Å². The first-order valence-electron chi connectivity index (χ1n) is 7.93. The predicted molar refractivity (Wildman–Crippen MR) is 101 cm³/mol. The number of hydrogen-bond donors (Lipinski definition) is 1. The van der Waals surface area contributed by atoms with E-state index in [1.165, 1.54) is 12.1 Å². The monoisotopic (exact) mass is 372 g/mol. The molecule has 0 atom stereocenters. The number of para-hydroxylation sites is 1. The average Bonchev–Trinajstić information content (AvgIpc) is 2.90. The standard InChI is InChI=1S/C19H17FN2O3S/c1-24-9-10-25-14-6-4-5-13(11-14)12-16-18(23)22(19(26)21-16)17-8-3-2-7-15(17)20/h2-8,11-12H,9-10H2,1H3,(H,21,26)/b16-12-. The molecular formula is C19H17FN2O3S. The van der Waals surface area contributed by atoms with Crippen LogP contribution in [0.3, 0.4) is 0 Å². The number of nitrogens with zero attached hydrogens (tertiary/aromatic N) is 1. The molecule has 2 aromatic carbocycles. The predicted octanol–water partition coefficient (Wildman–Crippen LogP) is 3.11. The molecule has 1 aliphatic rings. The molecular weight excluding hydrogens is 355 g/mol. The topological polar surface area (TPSA) is 50.8 Å². The number of nitrogens with one attached hydrogen (secondary N) is 1. The highest BCUT2D eigenvalue weighted by Gasteiger charge is 2.33. The van der Waals surface area contributed by atoms with Crippen molar-refractivity contribution in [3.63, 3.8) is 0 Å². The van der Waals surface area contributed by atoms with Gasteiger partial charge in [-0.1, -0.05) is 24.3 Å². The first-order chi connectivity index (χ1) is 12.6. The maximum absolute atomic E-state index is 14.0. The van der Waals surface area contributed by atoms with Crippen molar-refractivity contribution in [1.29, 1.82) is 0 Å². The van der Waals surface area contributed by atoms with E-state index in [1.54, 1.807) is 31.4 Å². The van der Waals surface area contributed by atoms with Gasteiger partial charge in [0.1, 0.15) is 23.9 Å². The van der Waals surface area contributed by atoms with E-state index in [9.17, 15) is 9.18 Å². The van der Waals surface area contributed by atoms with E-state index in [4.69, 9.17) is 21.7 Å². The summed E-state index contributed by atoms with van der Waals surface area (Å²) < 4.78 is 24.5. The second kappa shape index (κ2) is 8.07. The molecule has 1 aliphatic heterocycles. The lowest BCUT2D eigenvalue weighted by atomic mass is 10.1. The zero-order chi connectivity index (χ0) is 18.5. The smallest absolute Gasteiger partial charge is 0.281 e. The maximum Gasteiger partial charge on any atom is 0.281 e. The van der Waals surface area contributed by atoms with Crippen molar-refractivity contribution in [2.24, 2.45) is 0 Å². The third kappa shape index (κ3) is 3.89. The van der Waals surface area contributed by atoms with E-state index in [2.05, 4.69) is 5.32 Å². The molecule has 1 heterocycles. The van der Waals surface area contributed by atoms with Crippen LogP contribution in [0.15, 0.2) is 54.2 Å². The molecule has 26 heavy (non-hydrogen) atoms. The minimum absolute atomic E-state index is 0.120. The Morgan fingerprint density at radius 1 is 1.19 bits per heavy atom. The van der Waals surface area contributed by atoms with Crippen molar-refractivity contribution in [2.75, 3.05) is 25.2 Å². The Labute approximate surface area is 156 Å². The summed E-state index contributed by atoms with van der Waals surface area (Å²) in [6.07, 6.45) is 1.65. The number of thiocarbonyl (C=S) groups is 1. The number of rotatable bonds is 6. The number of carbonyl (C=O) groups is 1. The number of anilines is 1. The van der Waals surface area contributed by atoms with E-state index < -0.39 is 11.7 Å². The number of hydrogen-bond acceptors (Lipinski definition) is 4. The summed E-state index contributed by atoms with van der Waals surface area (Å²) in [7, 11) is 1.60. The van der Waals surface area contributed by atoms with Crippen LogP contribution in [0, 0.1) is 5.82 Å². The van der Waals surface area contributed by atoms with Gasteiger partial charge in [0.05, 0.1) is 12.3 Å². The Morgan fingerprint density at radius 2 is 2.00 bits per heavy atom. The van der Waals surface area contributed by atoms with Gasteiger partial charge < -0.3 is 14.8 Å². The summed E-state index contributed by atoms with van der Waals surface area (Å²) in [5.41, 5.74) is 1.15. The number of benzene rings is 2. The molecule has 0 unspecified atom stereocenters. The van der Waals surface area contributed by atoms with E-state index in [0.29, 0.717) is 19.0 Å². The third-order valence-corrected chi connectivity index (χ3v) is 3.98. The van der Waals surface area contributed by atoms with Crippen molar-refractivity contribution in [3.8, 4) is 5.75 Å². The van der Waals surface area contributed by atoms with Crippen molar-refractivity contribution in [2.45, 2.75) is 0 Å². The second-order valence-electron chi connectivity index (χ2n) is 5.49. The molecule has 1 fully saturated rings. The number of amides is 1. The molecule has 7 heteroatoms. The molecule has 0 spiro atoms. The van der Waals surface area contributed by atoms with Gasteiger partial charge in [0.15, 0.2) is 5.11 Å². The zero-order valence-corrected chi connectivity index (χ0v) is 14.9. The molecule has 0 radical (unpaired) electrons. The number of halogens is 1. The molecule has 1 N–H and O–H groups in total. The van der Waals surface area contributed by atoms with E-state index in [-0.39, 0.29) is 16.5 Å². The quantitative estimate of drug-likeness (QED) is 0.480. The molecule has 134 valence electrons. The molecule has 1 saturated heterocycles. The molecule has 0 aliphatic carbocycles. The van der Waals surface area contributed by atoms with Gasteiger partial charge in [-0.25, -0.2) is 9.29 Å². The highest BCUT2D eigenvalue weighted by Crippen LogP contribution is 2.25. The summed E-state index contributed by atoms with van der Waals surface area (Å²) >= 11 is 5.20. The molecule has 0 saturated carbocycles. The van der Waals surface area contributed by atoms with Gasteiger partial charge in [-0.05, 0) is 48.1 Å². The summed E-state index contributed by atoms with van der Waals surface area (Å²) in [4.78, 5) is 13.8. The highest BCUT2D eigenvalue weighted by molar-refractivity contribution is 7.80. The Kier molecular flexibility index (Phi) is 5.60. The average molecular weight is 372 g/mol. The Balaban J connectivity index is 1.82. The van der Waals surface area contributed by atoms with Crippen LogP contribution in [0.4, 0.5) is 10.1 Å². The van der Waals surface area contributed by atoms with Crippen LogP contribution in [-0.4, -0.2) is 31.3 Å². The first-order valence-corrected chi connectivity index (χ1v) is 8.34. The summed E-state index contributed by atoms with van der Waals surface area (Å²) in [6, 6.07) is 13.3. The molecule has 0 bridgehead atoms. The van der Waals surface area contributed by atoms with E-state index in [1.807, 2.05) is 18.2 Å². The Bertz CT molecular complexity index is 869. The SMILES string of the molecule is COCCOc1cccc(/C=C2\NC(=S)N(c3ccccc3F)C2=O)c1. The lowest BCUT2D eigenvalue weighted by molar-refractivity contribution is -0.113. The van der Waals surface area contributed by atoms with Gasteiger partial charge in [-0.15, -0.1) is 0 Å². The van der Waals surface area contributed by atoms with Gasteiger partial charge in [-0.3, -0.25) is 4.79 Å². The van der Waals surface area contributed by atoms with Crippen LogP contribution >= 0.6 is 12.2 Å². The normalized spacial score (nSPS) is 15.5. The van der Waals surface area contributed by atoms with Crippen molar-refractivity contribution in [1.82, 2.24) is 5.32 Å². The summed E-state index contributed by atoms with van der Waals surface area (Å²) in [6.45, 7) is 0.913.